The van der Waals surface area contributed by atoms with E-state index < -0.39 is 23.5 Å². The Hall–Kier alpha value is -4.01. The van der Waals surface area contributed by atoms with Crippen LogP contribution >= 0.6 is 0 Å². The predicted octanol–water partition coefficient (Wildman–Crippen LogP) is 3.82. The number of nitriles is 1. The number of nitrogens with zero attached hydrogens (tertiary/aromatic N) is 7. The number of H-pyrrole nitrogens is 1. The summed E-state index contributed by atoms with van der Waals surface area (Å²) >= 11 is 0. The van der Waals surface area contributed by atoms with E-state index >= 15 is 0 Å². The molecule has 5 heterocycles. The van der Waals surface area contributed by atoms with E-state index in [4.69, 9.17) is 10.1 Å². The molecular formula is C24H21F3N8O. The Balaban J connectivity index is 1.39. The molecule has 2 aliphatic rings. The third-order valence-electron chi connectivity index (χ3n) is 7.30. The first-order valence-corrected chi connectivity index (χ1v) is 11.8. The Kier molecular flexibility index (Phi) is 5.00. The number of aromatic nitrogens is 7. The van der Waals surface area contributed by atoms with E-state index in [1.807, 2.05) is 10.8 Å². The smallest absolute Gasteiger partial charge is 0.310 e. The molecule has 4 aromatic rings. The molecule has 0 unspecified atom stereocenters. The topological polar surface area (TPSA) is 118 Å². The van der Waals surface area contributed by atoms with Gasteiger partial charge in [0.25, 0.3) is 5.56 Å². The fourth-order valence-electron chi connectivity index (χ4n) is 5.19. The predicted molar refractivity (Wildman–Crippen MR) is 121 cm³/mol. The molecule has 0 radical (unpaired) electrons. The molecule has 1 aliphatic carbocycles. The van der Waals surface area contributed by atoms with Gasteiger partial charge in [-0.3, -0.25) is 14.5 Å². The summed E-state index contributed by atoms with van der Waals surface area (Å²) < 4.78 is 42.3. The number of hydrogen-bond acceptors (Lipinski definition) is 6. The number of nitrogens with one attached hydrogen (secondary N) is 1. The lowest BCUT2D eigenvalue weighted by Gasteiger charge is -2.34. The monoisotopic (exact) mass is 494 g/mol. The molecule has 0 aromatic carbocycles. The van der Waals surface area contributed by atoms with Crippen molar-refractivity contribution in [3.05, 3.63) is 68.9 Å². The van der Waals surface area contributed by atoms with Crippen molar-refractivity contribution in [1.82, 2.24) is 34.5 Å². The molecule has 0 bridgehead atoms. The summed E-state index contributed by atoms with van der Waals surface area (Å²) in [6.07, 6.45) is 0.448. The van der Waals surface area contributed by atoms with E-state index in [-0.39, 0.29) is 28.6 Å². The molecular weight excluding hydrogens is 473 g/mol. The van der Waals surface area contributed by atoms with E-state index in [2.05, 4.69) is 21.1 Å². The van der Waals surface area contributed by atoms with Crippen LogP contribution in [0.3, 0.4) is 0 Å². The molecule has 1 aliphatic heterocycles. The third kappa shape index (κ3) is 3.49. The van der Waals surface area contributed by atoms with E-state index in [0.717, 1.165) is 50.2 Å². The minimum Gasteiger partial charge on any atom is -0.310 e. The highest BCUT2D eigenvalue weighted by molar-refractivity contribution is 5.80. The van der Waals surface area contributed by atoms with Gasteiger partial charge in [0.05, 0.1) is 11.7 Å². The molecule has 9 nitrogen and oxygen atoms in total. The normalized spacial score (nSPS) is 20.2. The Bertz CT molecular complexity index is 1550. The number of pyridine rings is 1. The van der Waals surface area contributed by atoms with Gasteiger partial charge in [-0.2, -0.15) is 28.6 Å². The van der Waals surface area contributed by atoms with Gasteiger partial charge in [-0.15, -0.1) is 0 Å². The first-order chi connectivity index (χ1) is 17.2. The first-order valence-electron chi connectivity index (χ1n) is 11.8. The maximum Gasteiger partial charge on any atom is 0.433 e. The van der Waals surface area contributed by atoms with Crippen molar-refractivity contribution in [3.8, 4) is 6.07 Å². The standard InChI is InChI=1S/C24H21F3N8O/c1-12(13-4-7-19(29-11-13)24(25,26)27)35-22-20(18(10-28)33-35)23(36)31-21(30-22)16-6-5-15(16)17-9-14-3-2-8-34(14)32-17/h4,7,9,11-12,15-16H,2-3,5-6,8H2,1H3,(H,30,31,36)/t12-,15-,16-/m1/s1. The maximum atomic E-state index is 13.1. The van der Waals surface area contributed by atoms with Crippen LogP contribution in [0.1, 0.15) is 78.2 Å². The van der Waals surface area contributed by atoms with Crippen molar-refractivity contribution >= 4 is 11.0 Å². The molecule has 12 heteroatoms. The molecule has 6 rings (SSSR count). The van der Waals surface area contributed by atoms with Crippen LogP contribution < -0.4 is 5.56 Å². The molecule has 36 heavy (non-hydrogen) atoms. The highest BCUT2D eigenvalue weighted by atomic mass is 19.4. The Labute approximate surface area is 202 Å². The van der Waals surface area contributed by atoms with Crippen molar-refractivity contribution in [1.29, 1.82) is 5.26 Å². The largest absolute Gasteiger partial charge is 0.433 e. The molecule has 1 saturated carbocycles. The molecule has 184 valence electrons. The second kappa shape index (κ2) is 8.01. The molecule has 3 atom stereocenters. The van der Waals surface area contributed by atoms with Gasteiger partial charge in [0.2, 0.25) is 0 Å². The summed E-state index contributed by atoms with van der Waals surface area (Å²) in [5.41, 5.74) is 1.33. The summed E-state index contributed by atoms with van der Waals surface area (Å²) in [7, 11) is 0. The van der Waals surface area contributed by atoms with Crippen LogP contribution in [0, 0.1) is 11.3 Å². The van der Waals surface area contributed by atoms with E-state index in [1.165, 1.54) is 16.4 Å². The van der Waals surface area contributed by atoms with Crippen molar-refractivity contribution in [2.45, 2.75) is 63.2 Å². The second-order valence-electron chi connectivity index (χ2n) is 9.38. The van der Waals surface area contributed by atoms with Gasteiger partial charge in [-0.1, -0.05) is 6.07 Å². The van der Waals surface area contributed by atoms with Gasteiger partial charge in [0.1, 0.15) is 23.0 Å². The average molecular weight is 494 g/mol. The molecule has 0 saturated heterocycles. The van der Waals surface area contributed by atoms with Crippen LogP contribution in [0.25, 0.3) is 11.0 Å². The maximum absolute atomic E-state index is 13.1. The Morgan fingerprint density at radius 2 is 2.03 bits per heavy atom. The summed E-state index contributed by atoms with van der Waals surface area (Å²) in [6, 6.07) is 5.67. The van der Waals surface area contributed by atoms with Gasteiger partial charge in [0, 0.05) is 30.3 Å². The molecule has 0 amide bonds. The molecule has 1 fully saturated rings. The van der Waals surface area contributed by atoms with Crippen molar-refractivity contribution < 1.29 is 13.2 Å². The van der Waals surface area contributed by atoms with Gasteiger partial charge < -0.3 is 4.98 Å². The minimum absolute atomic E-state index is 0.0327. The van der Waals surface area contributed by atoms with Gasteiger partial charge in [-0.25, -0.2) is 9.67 Å². The van der Waals surface area contributed by atoms with E-state index in [0.29, 0.717) is 11.4 Å². The number of alkyl halides is 3. The lowest BCUT2D eigenvalue weighted by Crippen LogP contribution is -2.27. The summed E-state index contributed by atoms with van der Waals surface area (Å²) in [5.74, 6) is 0.599. The number of rotatable bonds is 4. The zero-order chi connectivity index (χ0) is 25.2. The lowest BCUT2D eigenvalue weighted by atomic mass is 9.71. The number of aryl methyl sites for hydroxylation is 2. The van der Waals surface area contributed by atoms with Crippen molar-refractivity contribution in [2.75, 3.05) is 0 Å². The zero-order valence-corrected chi connectivity index (χ0v) is 19.2. The second-order valence-corrected chi connectivity index (χ2v) is 9.38. The van der Waals surface area contributed by atoms with E-state index in [1.54, 1.807) is 6.92 Å². The Morgan fingerprint density at radius 3 is 2.67 bits per heavy atom. The fourth-order valence-corrected chi connectivity index (χ4v) is 5.19. The minimum atomic E-state index is -4.55. The van der Waals surface area contributed by atoms with Crippen LogP contribution in [-0.4, -0.2) is 34.5 Å². The van der Waals surface area contributed by atoms with Crippen LogP contribution in [0.15, 0.2) is 29.2 Å². The van der Waals surface area contributed by atoms with Crippen LogP contribution in [0.5, 0.6) is 0 Å². The molecule has 0 spiro atoms. The number of fused-ring (bicyclic) bond motifs is 2. The molecule has 1 N–H and O–H groups in total. The van der Waals surface area contributed by atoms with E-state index in [9.17, 15) is 23.2 Å². The lowest BCUT2D eigenvalue weighted by molar-refractivity contribution is -0.141. The van der Waals surface area contributed by atoms with Gasteiger partial charge in [-0.05, 0) is 50.3 Å². The quantitative estimate of drug-likeness (QED) is 0.461. The Morgan fingerprint density at radius 1 is 1.22 bits per heavy atom. The summed E-state index contributed by atoms with van der Waals surface area (Å²) in [5, 5.41) is 18.7. The summed E-state index contributed by atoms with van der Waals surface area (Å²) in [6.45, 7) is 2.62. The summed E-state index contributed by atoms with van der Waals surface area (Å²) in [4.78, 5) is 24.2. The van der Waals surface area contributed by atoms with Gasteiger partial charge in [0.15, 0.2) is 11.3 Å². The SMILES string of the molecule is C[C@H](c1ccc(C(F)(F)F)nc1)n1nc(C#N)c2c(=O)[nH]c([C@@H]3CC[C@H]3c3cc4n(n3)CCC4)nc21. The fraction of sp³-hybridized carbons (Fsp3) is 0.417. The highest BCUT2D eigenvalue weighted by Gasteiger charge is 2.38. The highest BCUT2D eigenvalue weighted by Crippen LogP contribution is 2.48. The average Bonchev–Trinajstić information content (AvgIpc) is 3.51. The third-order valence-corrected chi connectivity index (χ3v) is 7.30. The number of halogens is 3. The number of hydrogen-bond donors (Lipinski definition) is 1. The van der Waals surface area contributed by atoms with Crippen LogP contribution in [0.2, 0.25) is 0 Å². The zero-order valence-electron chi connectivity index (χ0n) is 19.2. The molecule has 4 aromatic heterocycles. The van der Waals surface area contributed by atoms with Crippen molar-refractivity contribution in [2.24, 2.45) is 0 Å². The van der Waals surface area contributed by atoms with Crippen LogP contribution in [-0.2, 0) is 19.1 Å². The first kappa shape index (κ1) is 22.5. The number of aromatic amines is 1. The van der Waals surface area contributed by atoms with Crippen LogP contribution in [0.4, 0.5) is 13.2 Å². The van der Waals surface area contributed by atoms with Gasteiger partial charge >= 0.3 is 6.18 Å². The van der Waals surface area contributed by atoms with Crippen molar-refractivity contribution in [3.63, 3.8) is 0 Å².